The smallest absolute Gasteiger partial charge is 0.255 e. The van der Waals surface area contributed by atoms with Crippen LogP contribution < -0.4 is 5.73 Å². The normalized spacial score (nSPS) is 17.2. The van der Waals surface area contributed by atoms with E-state index in [0.29, 0.717) is 15.9 Å². The van der Waals surface area contributed by atoms with Gasteiger partial charge >= 0.3 is 0 Å². The molecule has 0 aromatic carbocycles. The van der Waals surface area contributed by atoms with Gasteiger partial charge in [0.1, 0.15) is 5.82 Å². The van der Waals surface area contributed by atoms with Crippen molar-refractivity contribution in [3.05, 3.63) is 22.3 Å². The molecule has 0 radical (unpaired) electrons. The maximum absolute atomic E-state index is 12.3. The SMILES string of the molecule is CN1CCN(C(=O)c2cc(N)ncc2Br)CC1. The number of rotatable bonds is 1. The summed E-state index contributed by atoms with van der Waals surface area (Å²) in [5.74, 6) is 0.379. The van der Waals surface area contributed by atoms with Crippen LogP contribution in [0.15, 0.2) is 16.7 Å². The largest absolute Gasteiger partial charge is 0.384 e. The molecule has 2 heterocycles. The summed E-state index contributed by atoms with van der Waals surface area (Å²) in [4.78, 5) is 20.3. The highest BCUT2D eigenvalue weighted by atomic mass is 79.9. The molecule has 1 aliphatic rings. The summed E-state index contributed by atoms with van der Waals surface area (Å²) in [6.45, 7) is 3.32. The van der Waals surface area contributed by atoms with Crippen LogP contribution in [0.25, 0.3) is 0 Å². The summed E-state index contributed by atoms with van der Waals surface area (Å²) < 4.78 is 0.690. The van der Waals surface area contributed by atoms with Crippen molar-refractivity contribution in [3.8, 4) is 0 Å². The molecule has 17 heavy (non-hydrogen) atoms. The number of amides is 1. The molecule has 92 valence electrons. The van der Waals surface area contributed by atoms with Crippen LogP contribution in [0.2, 0.25) is 0 Å². The van der Waals surface area contributed by atoms with Crippen LogP contribution in [0.3, 0.4) is 0 Å². The number of carbonyl (C=O) groups excluding carboxylic acids is 1. The molecule has 1 aromatic heterocycles. The molecule has 1 aromatic rings. The van der Waals surface area contributed by atoms with Gasteiger partial charge in [0.15, 0.2) is 0 Å². The van der Waals surface area contributed by atoms with Gasteiger partial charge in [-0.15, -0.1) is 0 Å². The number of aromatic nitrogens is 1. The van der Waals surface area contributed by atoms with E-state index in [1.807, 2.05) is 4.90 Å². The van der Waals surface area contributed by atoms with Gasteiger partial charge in [-0.1, -0.05) is 0 Å². The van der Waals surface area contributed by atoms with E-state index in [-0.39, 0.29) is 5.91 Å². The van der Waals surface area contributed by atoms with Gasteiger partial charge in [-0.2, -0.15) is 0 Å². The van der Waals surface area contributed by atoms with Crippen LogP contribution in [0.5, 0.6) is 0 Å². The third-order valence-electron chi connectivity index (χ3n) is 2.90. The molecule has 2 rings (SSSR count). The minimum Gasteiger partial charge on any atom is -0.384 e. The quantitative estimate of drug-likeness (QED) is 0.834. The summed E-state index contributed by atoms with van der Waals surface area (Å²) in [6, 6.07) is 1.62. The number of nitrogen functional groups attached to an aromatic ring is 1. The van der Waals surface area contributed by atoms with Crippen molar-refractivity contribution in [2.75, 3.05) is 39.0 Å². The molecule has 0 spiro atoms. The fourth-order valence-corrected chi connectivity index (χ4v) is 2.19. The molecule has 6 heteroatoms. The molecule has 0 unspecified atom stereocenters. The highest BCUT2D eigenvalue weighted by molar-refractivity contribution is 9.10. The molecule has 0 bridgehead atoms. The number of hydrogen-bond donors (Lipinski definition) is 1. The summed E-state index contributed by atoms with van der Waals surface area (Å²) in [5.41, 5.74) is 6.19. The van der Waals surface area contributed by atoms with Crippen LogP contribution in [-0.4, -0.2) is 53.9 Å². The predicted molar refractivity (Wildman–Crippen MR) is 69.7 cm³/mol. The molecule has 2 N–H and O–H groups in total. The number of hydrogen-bond acceptors (Lipinski definition) is 4. The van der Waals surface area contributed by atoms with Gasteiger partial charge < -0.3 is 15.5 Å². The zero-order chi connectivity index (χ0) is 12.4. The number of pyridine rings is 1. The number of carbonyl (C=O) groups is 1. The van der Waals surface area contributed by atoms with Gasteiger partial charge in [-0.25, -0.2) is 4.98 Å². The third-order valence-corrected chi connectivity index (χ3v) is 3.53. The highest BCUT2D eigenvalue weighted by Gasteiger charge is 2.22. The first kappa shape index (κ1) is 12.3. The molecular formula is C11H15BrN4O. The Kier molecular flexibility index (Phi) is 3.63. The van der Waals surface area contributed by atoms with Gasteiger partial charge in [0.2, 0.25) is 0 Å². The van der Waals surface area contributed by atoms with Gasteiger partial charge in [-0.05, 0) is 29.0 Å². The maximum atomic E-state index is 12.3. The Morgan fingerprint density at radius 2 is 2.06 bits per heavy atom. The van der Waals surface area contributed by atoms with E-state index in [2.05, 4.69) is 32.9 Å². The Morgan fingerprint density at radius 3 is 2.71 bits per heavy atom. The molecule has 0 saturated carbocycles. The Labute approximate surface area is 109 Å². The van der Waals surface area contributed by atoms with Gasteiger partial charge in [-0.3, -0.25) is 4.79 Å². The molecular weight excluding hydrogens is 284 g/mol. The zero-order valence-electron chi connectivity index (χ0n) is 9.69. The number of piperazine rings is 1. The van der Waals surface area contributed by atoms with E-state index in [4.69, 9.17) is 5.73 Å². The first-order chi connectivity index (χ1) is 8.08. The lowest BCUT2D eigenvalue weighted by atomic mass is 10.2. The second kappa shape index (κ2) is 5.01. The van der Waals surface area contributed by atoms with Crippen molar-refractivity contribution < 1.29 is 4.79 Å². The van der Waals surface area contributed by atoms with E-state index in [1.54, 1.807) is 12.3 Å². The van der Waals surface area contributed by atoms with Crippen LogP contribution in [0, 0.1) is 0 Å². The van der Waals surface area contributed by atoms with E-state index in [0.717, 1.165) is 26.2 Å². The molecule has 1 amide bonds. The zero-order valence-corrected chi connectivity index (χ0v) is 11.3. The Balaban J connectivity index is 2.16. The van der Waals surface area contributed by atoms with Crippen molar-refractivity contribution in [2.24, 2.45) is 0 Å². The Hall–Kier alpha value is -1.14. The van der Waals surface area contributed by atoms with Crippen molar-refractivity contribution in [2.45, 2.75) is 0 Å². The van der Waals surface area contributed by atoms with Crippen molar-refractivity contribution in [1.82, 2.24) is 14.8 Å². The summed E-state index contributed by atoms with van der Waals surface area (Å²) in [7, 11) is 2.06. The average Bonchev–Trinajstić information content (AvgIpc) is 2.32. The van der Waals surface area contributed by atoms with Gasteiger partial charge in [0, 0.05) is 36.8 Å². The standard InChI is InChI=1S/C11H15BrN4O/c1-15-2-4-16(5-3-15)11(17)8-6-10(13)14-7-9(8)12/h6-7H,2-5H2,1H3,(H2,13,14). The third kappa shape index (κ3) is 2.76. The first-order valence-corrected chi connectivity index (χ1v) is 6.26. The fourth-order valence-electron chi connectivity index (χ4n) is 1.80. The number of anilines is 1. The minimum atomic E-state index is 0.0130. The highest BCUT2D eigenvalue weighted by Crippen LogP contribution is 2.19. The number of nitrogens with two attached hydrogens (primary N) is 1. The second-order valence-electron chi connectivity index (χ2n) is 4.18. The number of halogens is 1. The first-order valence-electron chi connectivity index (χ1n) is 5.47. The summed E-state index contributed by atoms with van der Waals surface area (Å²) in [6.07, 6.45) is 1.57. The average molecular weight is 299 g/mol. The van der Waals surface area contributed by atoms with Crippen LogP contribution >= 0.6 is 15.9 Å². The topological polar surface area (TPSA) is 62.5 Å². The summed E-state index contributed by atoms with van der Waals surface area (Å²) >= 11 is 3.33. The predicted octanol–water partition coefficient (Wildman–Crippen LogP) is 0.814. The van der Waals surface area contributed by atoms with Gasteiger partial charge in [0.05, 0.1) is 5.56 Å². The van der Waals surface area contributed by atoms with Crippen molar-refractivity contribution in [1.29, 1.82) is 0 Å². The molecule has 1 fully saturated rings. The van der Waals surface area contributed by atoms with E-state index in [9.17, 15) is 4.79 Å². The van der Waals surface area contributed by atoms with E-state index in [1.165, 1.54) is 0 Å². The van der Waals surface area contributed by atoms with Crippen LogP contribution in [-0.2, 0) is 0 Å². The second-order valence-corrected chi connectivity index (χ2v) is 5.04. The lowest BCUT2D eigenvalue weighted by Gasteiger charge is -2.32. The van der Waals surface area contributed by atoms with Crippen molar-refractivity contribution in [3.63, 3.8) is 0 Å². The lowest BCUT2D eigenvalue weighted by molar-refractivity contribution is 0.0663. The Morgan fingerprint density at radius 1 is 1.41 bits per heavy atom. The van der Waals surface area contributed by atoms with E-state index < -0.39 is 0 Å². The number of nitrogens with zero attached hydrogens (tertiary/aromatic N) is 3. The molecule has 1 aliphatic heterocycles. The van der Waals surface area contributed by atoms with Crippen molar-refractivity contribution >= 4 is 27.7 Å². The molecule has 0 aliphatic carbocycles. The minimum absolute atomic E-state index is 0.0130. The van der Waals surface area contributed by atoms with Gasteiger partial charge in [0.25, 0.3) is 5.91 Å². The van der Waals surface area contributed by atoms with E-state index >= 15 is 0 Å². The molecule has 1 saturated heterocycles. The molecule has 5 nitrogen and oxygen atoms in total. The fraction of sp³-hybridized carbons (Fsp3) is 0.455. The monoisotopic (exact) mass is 298 g/mol. The van der Waals surface area contributed by atoms with Crippen LogP contribution in [0.1, 0.15) is 10.4 Å². The summed E-state index contributed by atoms with van der Waals surface area (Å²) in [5, 5.41) is 0. The Bertz CT molecular complexity index is 429. The lowest BCUT2D eigenvalue weighted by Crippen LogP contribution is -2.47. The maximum Gasteiger partial charge on any atom is 0.255 e. The number of likely N-dealkylation sites (N-methyl/N-ethyl adjacent to an activating group) is 1. The van der Waals surface area contributed by atoms with Crippen LogP contribution in [0.4, 0.5) is 5.82 Å². The molecule has 0 atom stereocenters.